The van der Waals surface area contributed by atoms with Crippen molar-refractivity contribution < 1.29 is 28.6 Å². The Hall–Kier alpha value is -3.19. The number of aliphatic hydroxyl groups is 1. The molecular weight excluding hydrogens is 365 g/mol. The number of methoxy groups -OCH3 is 2. The summed E-state index contributed by atoms with van der Waals surface area (Å²) in [7, 11) is 2.97. The van der Waals surface area contributed by atoms with E-state index in [0.29, 0.717) is 16.9 Å². The fraction of sp³-hybridized carbons (Fsp3) is 0.238. The van der Waals surface area contributed by atoms with Gasteiger partial charge in [-0.05, 0) is 29.8 Å². The Morgan fingerprint density at radius 2 is 1.86 bits per heavy atom. The number of rotatable bonds is 6. The van der Waals surface area contributed by atoms with E-state index in [1.54, 1.807) is 24.3 Å². The number of amides is 1. The van der Waals surface area contributed by atoms with Gasteiger partial charge in [0.2, 0.25) is 0 Å². The molecule has 1 saturated heterocycles. The summed E-state index contributed by atoms with van der Waals surface area (Å²) in [5.74, 6) is -1.80. The molecule has 0 aromatic heterocycles. The molecule has 0 aliphatic carbocycles. The number of likely N-dealkylation sites (tertiary alicyclic amines) is 1. The third-order valence-electron chi connectivity index (χ3n) is 4.61. The van der Waals surface area contributed by atoms with Gasteiger partial charge >= 0.3 is 0 Å². The molecule has 1 fully saturated rings. The maximum atomic E-state index is 13.4. The van der Waals surface area contributed by atoms with Crippen LogP contribution in [0.25, 0.3) is 5.76 Å². The van der Waals surface area contributed by atoms with Gasteiger partial charge in [0, 0.05) is 19.2 Å². The summed E-state index contributed by atoms with van der Waals surface area (Å²) in [5, 5.41) is 10.9. The SMILES string of the molecule is COCCN1C(=O)C(=O)C(=C(O)c2cccc(OC)c2)C1c1ccc(F)cc1. The summed E-state index contributed by atoms with van der Waals surface area (Å²) >= 11 is 0. The van der Waals surface area contributed by atoms with Gasteiger partial charge in [0.1, 0.15) is 17.3 Å². The zero-order valence-corrected chi connectivity index (χ0v) is 15.5. The number of Topliss-reactive ketones (excluding diaryl/α,β-unsaturated/α-hetero) is 1. The van der Waals surface area contributed by atoms with E-state index in [-0.39, 0.29) is 24.5 Å². The van der Waals surface area contributed by atoms with Gasteiger partial charge in [0.05, 0.1) is 25.3 Å². The van der Waals surface area contributed by atoms with E-state index < -0.39 is 23.5 Å². The van der Waals surface area contributed by atoms with E-state index >= 15 is 0 Å². The van der Waals surface area contributed by atoms with Gasteiger partial charge in [0.25, 0.3) is 11.7 Å². The largest absolute Gasteiger partial charge is 0.507 e. The Labute approximate surface area is 161 Å². The van der Waals surface area contributed by atoms with Crippen molar-refractivity contribution >= 4 is 17.4 Å². The monoisotopic (exact) mass is 385 g/mol. The van der Waals surface area contributed by atoms with Crippen LogP contribution in [0.1, 0.15) is 17.2 Å². The molecule has 1 unspecified atom stereocenters. The number of hydrogen-bond acceptors (Lipinski definition) is 5. The zero-order chi connectivity index (χ0) is 20.3. The maximum Gasteiger partial charge on any atom is 0.295 e. The molecule has 0 radical (unpaired) electrons. The number of ether oxygens (including phenoxy) is 2. The van der Waals surface area contributed by atoms with Crippen LogP contribution in [-0.2, 0) is 14.3 Å². The van der Waals surface area contributed by atoms with Crippen molar-refractivity contribution in [3.8, 4) is 5.75 Å². The maximum absolute atomic E-state index is 13.4. The average Bonchev–Trinajstić information content (AvgIpc) is 2.97. The molecule has 2 aromatic carbocycles. The lowest BCUT2D eigenvalue weighted by atomic mass is 9.95. The van der Waals surface area contributed by atoms with Gasteiger partial charge in [-0.3, -0.25) is 9.59 Å². The highest BCUT2D eigenvalue weighted by atomic mass is 19.1. The second kappa shape index (κ2) is 8.22. The van der Waals surface area contributed by atoms with E-state index in [9.17, 15) is 19.1 Å². The van der Waals surface area contributed by atoms with Crippen LogP contribution in [0.15, 0.2) is 54.1 Å². The summed E-state index contributed by atoms with van der Waals surface area (Å²) in [5.41, 5.74) is 0.804. The summed E-state index contributed by atoms with van der Waals surface area (Å²) < 4.78 is 23.6. The van der Waals surface area contributed by atoms with Gasteiger partial charge in [0.15, 0.2) is 0 Å². The summed E-state index contributed by atoms with van der Waals surface area (Å²) in [6.07, 6.45) is 0. The van der Waals surface area contributed by atoms with Gasteiger partial charge in [-0.15, -0.1) is 0 Å². The highest BCUT2D eigenvalue weighted by Crippen LogP contribution is 2.39. The fourth-order valence-electron chi connectivity index (χ4n) is 3.22. The van der Waals surface area contributed by atoms with E-state index in [4.69, 9.17) is 9.47 Å². The van der Waals surface area contributed by atoms with Crippen LogP contribution < -0.4 is 4.74 Å². The van der Waals surface area contributed by atoms with Crippen molar-refractivity contribution in [2.24, 2.45) is 0 Å². The Bertz CT molecular complexity index is 923. The minimum Gasteiger partial charge on any atom is -0.507 e. The molecule has 2 aromatic rings. The summed E-state index contributed by atoms with van der Waals surface area (Å²) in [6.45, 7) is 0.363. The van der Waals surface area contributed by atoms with E-state index in [1.807, 2.05) is 0 Å². The molecule has 1 N–H and O–H groups in total. The molecular formula is C21H20FNO5. The third-order valence-corrected chi connectivity index (χ3v) is 4.61. The molecule has 0 bridgehead atoms. The molecule has 1 heterocycles. The van der Waals surface area contributed by atoms with Crippen LogP contribution >= 0.6 is 0 Å². The molecule has 1 aliphatic heterocycles. The van der Waals surface area contributed by atoms with E-state index in [1.165, 1.54) is 43.4 Å². The number of halogens is 1. The minimum absolute atomic E-state index is 0.0547. The van der Waals surface area contributed by atoms with E-state index in [0.717, 1.165) is 0 Å². The average molecular weight is 385 g/mol. The Kier molecular flexibility index (Phi) is 5.75. The molecule has 0 spiro atoms. The van der Waals surface area contributed by atoms with Crippen molar-refractivity contribution in [3.63, 3.8) is 0 Å². The molecule has 146 valence electrons. The number of benzene rings is 2. The molecule has 0 saturated carbocycles. The predicted octanol–water partition coefficient (Wildman–Crippen LogP) is 2.90. The Balaban J connectivity index is 2.15. The van der Waals surface area contributed by atoms with Gasteiger partial charge in [-0.25, -0.2) is 4.39 Å². The van der Waals surface area contributed by atoms with Gasteiger partial charge < -0.3 is 19.5 Å². The number of hydrogen-bond donors (Lipinski definition) is 1. The van der Waals surface area contributed by atoms with Crippen LogP contribution in [-0.4, -0.2) is 49.1 Å². The van der Waals surface area contributed by atoms with E-state index in [2.05, 4.69) is 0 Å². The van der Waals surface area contributed by atoms with Gasteiger partial charge in [-0.1, -0.05) is 24.3 Å². The smallest absolute Gasteiger partial charge is 0.295 e. The summed E-state index contributed by atoms with van der Waals surface area (Å²) in [4.78, 5) is 26.7. The number of carbonyl (C=O) groups is 2. The molecule has 28 heavy (non-hydrogen) atoms. The first kappa shape index (κ1) is 19.6. The molecule has 1 aliphatic rings. The van der Waals surface area contributed by atoms with Gasteiger partial charge in [-0.2, -0.15) is 0 Å². The first-order valence-electron chi connectivity index (χ1n) is 8.65. The normalized spacial score (nSPS) is 18.5. The first-order chi connectivity index (χ1) is 13.5. The second-order valence-electron chi connectivity index (χ2n) is 6.27. The highest BCUT2D eigenvalue weighted by Gasteiger charge is 2.45. The Morgan fingerprint density at radius 1 is 1.14 bits per heavy atom. The van der Waals surface area contributed by atoms with Crippen molar-refractivity contribution in [3.05, 3.63) is 71.0 Å². The fourth-order valence-corrected chi connectivity index (χ4v) is 3.22. The summed E-state index contributed by atoms with van der Waals surface area (Å²) in [6, 6.07) is 11.2. The van der Waals surface area contributed by atoms with Crippen LogP contribution in [0.5, 0.6) is 5.75 Å². The van der Waals surface area contributed by atoms with Crippen LogP contribution in [0.3, 0.4) is 0 Å². The zero-order valence-electron chi connectivity index (χ0n) is 15.5. The number of aliphatic hydroxyl groups excluding tert-OH is 1. The Morgan fingerprint density at radius 3 is 2.50 bits per heavy atom. The molecule has 6 nitrogen and oxygen atoms in total. The van der Waals surface area contributed by atoms with Crippen LogP contribution in [0.4, 0.5) is 4.39 Å². The number of nitrogens with zero attached hydrogens (tertiary/aromatic N) is 1. The highest BCUT2D eigenvalue weighted by molar-refractivity contribution is 6.46. The number of carbonyl (C=O) groups excluding carboxylic acids is 2. The molecule has 7 heteroatoms. The van der Waals surface area contributed by atoms with Crippen molar-refractivity contribution in [2.45, 2.75) is 6.04 Å². The molecule has 1 amide bonds. The predicted molar refractivity (Wildman–Crippen MR) is 100 cm³/mol. The minimum atomic E-state index is -0.845. The van der Waals surface area contributed by atoms with Crippen molar-refractivity contribution in [1.29, 1.82) is 0 Å². The quantitative estimate of drug-likeness (QED) is 0.470. The van der Waals surface area contributed by atoms with Crippen molar-refractivity contribution in [2.75, 3.05) is 27.4 Å². The van der Waals surface area contributed by atoms with Crippen LogP contribution in [0.2, 0.25) is 0 Å². The standard InChI is InChI=1S/C21H20FNO5/c1-27-11-10-23-18(13-6-8-15(22)9-7-13)17(20(25)21(23)26)19(24)14-4-3-5-16(12-14)28-2/h3-9,12,18,24H,10-11H2,1-2H3. The molecule has 1 atom stereocenters. The number of ketones is 1. The third kappa shape index (κ3) is 3.61. The molecule has 3 rings (SSSR count). The van der Waals surface area contributed by atoms with Crippen molar-refractivity contribution in [1.82, 2.24) is 4.90 Å². The van der Waals surface area contributed by atoms with Crippen LogP contribution in [0, 0.1) is 5.82 Å². The lowest BCUT2D eigenvalue weighted by Crippen LogP contribution is -2.32. The lowest BCUT2D eigenvalue weighted by molar-refractivity contribution is -0.140. The first-order valence-corrected chi connectivity index (χ1v) is 8.65. The topological polar surface area (TPSA) is 76.1 Å². The lowest BCUT2D eigenvalue weighted by Gasteiger charge is -2.25. The second-order valence-corrected chi connectivity index (χ2v) is 6.27.